The zero-order valence-corrected chi connectivity index (χ0v) is 10.5. The first-order valence-electron chi connectivity index (χ1n) is 5.94. The molecule has 2 aromatic rings. The normalized spacial score (nSPS) is 14.6. The number of fused-ring (bicyclic) bond motifs is 1. The van der Waals surface area contributed by atoms with Crippen molar-refractivity contribution in [3.05, 3.63) is 30.1 Å². The van der Waals surface area contributed by atoms with E-state index in [0.29, 0.717) is 6.42 Å². The number of imidazole rings is 1. The first-order valence-corrected chi connectivity index (χ1v) is 5.94. The highest BCUT2D eigenvalue weighted by Gasteiger charge is 2.24. The molecule has 3 N–H and O–H groups in total. The summed E-state index contributed by atoms with van der Waals surface area (Å²) in [5, 5.41) is 9.12. The van der Waals surface area contributed by atoms with Crippen LogP contribution in [0, 0.1) is 5.92 Å². The Morgan fingerprint density at radius 1 is 1.56 bits per heavy atom. The van der Waals surface area contributed by atoms with E-state index in [1.165, 1.54) is 0 Å². The van der Waals surface area contributed by atoms with Crippen LogP contribution in [0.25, 0.3) is 11.0 Å². The molecule has 0 radical (unpaired) electrons. The lowest BCUT2D eigenvalue weighted by Crippen LogP contribution is -2.27. The highest BCUT2D eigenvalue weighted by Crippen LogP contribution is 2.25. The Kier molecular flexibility index (Phi) is 3.34. The molecule has 5 heteroatoms. The predicted molar refractivity (Wildman–Crippen MR) is 69.1 cm³/mol. The number of carboxylic acid groups (broad SMARTS) is 1. The van der Waals surface area contributed by atoms with Crippen molar-refractivity contribution in [2.45, 2.75) is 19.4 Å². The van der Waals surface area contributed by atoms with E-state index < -0.39 is 17.9 Å². The molecular formula is C13H17N3O2. The van der Waals surface area contributed by atoms with Gasteiger partial charge in [-0.2, -0.15) is 0 Å². The van der Waals surface area contributed by atoms with Crippen molar-refractivity contribution in [1.82, 2.24) is 9.55 Å². The van der Waals surface area contributed by atoms with Crippen LogP contribution in [0.15, 0.2) is 24.5 Å². The topological polar surface area (TPSA) is 81.1 Å². The molecule has 1 aromatic carbocycles. The van der Waals surface area contributed by atoms with Gasteiger partial charge >= 0.3 is 5.97 Å². The van der Waals surface area contributed by atoms with Gasteiger partial charge in [0.2, 0.25) is 0 Å². The standard InChI is InChI=1S/C13H17N3O2/c1-3-9(13(17)18)12(14)8-4-5-11-10(6-8)15-7-16(11)2/h4-7,9,12H,3,14H2,1-2H3,(H,17,18). The van der Waals surface area contributed by atoms with Gasteiger partial charge in [0.15, 0.2) is 0 Å². The first kappa shape index (κ1) is 12.6. The van der Waals surface area contributed by atoms with Crippen LogP contribution in [0.1, 0.15) is 24.9 Å². The third-order valence-electron chi connectivity index (χ3n) is 3.32. The van der Waals surface area contributed by atoms with Crippen molar-refractivity contribution in [3.8, 4) is 0 Å². The van der Waals surface area contributed by atoms with Crippen molar-refractivity contribution in [2.24, 2.45) is 18.7 Å². The summed E-state index contributed by atoms with van der Waals surface area (Å²) in [4.78, 5) is 15.4. The number of carbonyl (C=O) groups is 1. The minimum absolute atomic E-state index is 0.501. The minimum atomic E-state index is -0.855. The van der Waals surface area contributed by atoms with Crippen LogP contribution in [-0.4, -0.2) is 20.6 Å². The van der Waals surface area contributed by atoms with E-state index in [1.54, 1.807) is 6.33 Å². The molecule has 0 saturated carbocycles. The van der Waals surface area contributed by atoms with E-state index in [0.717, 1.165) is 16.6 Å². The van der Waals surface area contributed by atoms with Crippen LogP contribution in [-0.2, 0) is 11.8 Å². The Morgan fingerprint density at radius 2 is 2.28 bits per heavy atom. The number of rotatable bonds is 4. The average molecular weight is 247 g/mol. The lowest BCUT2D eigenvalue weighted by molar-refractivity contribution is -0.142. The molecule has 0 saturated heterocycles. The molecule has 18 heavy (non-hydrogen) atoms. The van der Waals surface area contributed by atoms with Crippen molar-refractivity contribution in [3.63, 3.8) is 0 Å². The summed E-state index contributed by atoms with van der Waals surface area (Å²) in [5.74, 6) is -1.42. The summed E-state index contributed by atoms with van der Waals surface area (Å²) in [7, 11) is 1.92. The van der Waals surface area contributed by atoms with E-state index >= 15 is 0 Å². The maximum atomic E-state index is 11.1. The Balaban J connectivity index is 2.38. The fraction of sp³-hybridized carbons (Fsp3) is 0.385. The predicted octanol–water partition coefficient (Wildman–Crippen LogP) is 1.68. The minimum Gasteiger partial charge on any atom is -0.481 e. The van der Waals surface area contributed by atoms with Crippen LogP contribution in [0.5, 0.6) is 0 Å². The lowest BCUT2D eigenvalue weighted by atomic mass is 9.91. The molecule has 0 aliphatic heterocycles. The van der Waals surface area contributed by atoms with Gasteiger partial charge in [-0.15, -0.1) is 0 Å². The van der Waals surface area contributed by atoms with Gasteiger partial charge in [-0.25, -0.2) is 4.98 Å². The molecule has 1 heterocycles. The molecule has 2 rings (SSSR count). The molecule has 2 atom stereocenters. The maximum absolute atomic E-state index is 11.1. The van der Waals surface area contributed by atoms with Crippen molar-refractivity contribution < 1.29 is 9.90 Å². The zero-order chi connectivity index (χ0) is 13.3. The average Bonchev–Trinajstić information content (AvgIpc) is 2.71. The van der Waals surface area contributed by atoms with Gasteiger partial charge in [0.25, 0.3) is 0 Å². The van der Waals surface area contributed by atoms with Gasteiger partial charge in [0.1, 0.15) is 0 Å². The number of aliphatic carboxylic acids is 1. The molecule has 0 aliphatic carbocycles. The van der Waals surface area contributed by atoms with Gasteiger partial charge in [0, 0.05) is 13.1 Å². The maximum Gasteiger partial charge on any atom is 0.308 e. The van der Waals surface area contributed by atoms with Gasteiger partial charge < -0.3 is 15.4 Å². The second-order valence-corrected chi connectivity index (χ2v) is 4.48. The molecule has 0 fully saturated rings. The Morgan fingerprint density at radius 3 is 2.89 bits per heavy atom. The van der Waals surface area contributed by atoms with Gasteiger partial charge in [0.05, 0.1) is 23.3 Å². The van der Waals surface area contributed by atoms with E-state index in [4.69, 9.17) is 10.8 Å². The van der Waals surface area contributed by atoms with Crippen molar-refractivity contribution >= 4 is 17.0 Å². The second kappa shape index (κ2) is 4.78. The van der Waals surface area contributed by atoms with Crippen LogP contribution in [0.4, 0.5) is 0 Å². The Hall–Kier alpha value is -1.88. The quantitative estimate of drug-likeness (QED) is 0.861. The number of aryl methyl sites for hydroxylation is 1. The van der Waals surface area contributed by atoms with E-state index in [-0.39, 0.29) is 0 Å². The molecule has 0 aliphatic rings. The SMILES string of the molecule is CCC(C(=O)O)C(N)c1ccc2c(c1)ncn2C. The van der Waals surface area contributed by atoms with Gasteiger partial charge in [-0.05, 0) is 24.1 Å². The Bertz CT molecular complexity index is 577. The Labute approximate surface area is 105 Å². The fourth-order valence-corrected chi connectivity index (χ4v) is 2.17. The molecule has 5 nitrogen and oxygen atoms in total. The van der Waals surface area contributed by atoms with Gasteiger partial charge in [-0.3, -0.25) is 4.79 Å². The van der Waals surface area contributed by atoms with E-state index in [9.17, 15) is 4.79 Å². The molecule has 2 unspecified atom stereocenters. The molecule has 0 spiro atoms. The summed E-state index contributed by atoms with van der Waals surface area (Å²) >= 11 is 0. The highest BCUT2D eigenvalue weighted by molar-refractivity contribution is 5.77. The zero-order valence-electron chi connectivity index (χ0n) is 10.5. The number of nitrogens with two attached hydrogens (primary N) is 1. The summed E-state index contributed by atoms with van der Waals surface area (Å²) in [6.45, 7) is 1.83. The number of aromatic nitrogens is 2. The fourth-order valence-electron chi connectivity index (χ4n) is 2.17. The molecule has 1 aromatic heterocycles. The third kappa shape index (κ3) is 2.09. The van der Waals surface area contributed by atoms with Crippen LogP contribution in [0.3, 0.4) is 0 Å². The third-order valence-corrected chi connectivity index (χ3v) is 3.32. The number of hydrogen-bond acceptors (Lipinski definition) is 3. The monoisotopic (exact) mass is 247 g/mol. The first-order chi connectivity index (χ1) is 8.54. The molecular weight excluding hydrogens is 230 g/mol. The number of hydrogen-bond donors (Lipinski definition) is 2. The largest absolute Gasteiger partial charge is 0.481 e. The van der Waals surface area contributed by atoms with Gasteiger partial charge in [-0.1, -0.05) is 13.0 Å². The summed E-state index contributed by atoms with van der Waals surface area (Å²) in [6, 6.07) is 5.16. The van der Waals surface area contributed by atoms with Crippen LogP contribution < -0.4 is 5.73 Å². The van der Waals surface area contributed by atoms with Crippen molar-refractivity contribution in [1.29, 1.82) is 0 Å². The number of nitrogens with zero attached hydrogens (tertiary/aromatic N) is 2. The molecule has 0 amide bonds. The van der Waals surface area contributed by atoms with Crippen molar-refractivity contribution in [2.75, 3.05) is 0 Å². The summed E-state index contributed by atoms with van der Waals surface area (Å²) < 4.78 is 1.92. The smallest absolute Gasteiger partial charge is 0.308 e. The highest BCUT2D eigenvalue weighted by atomic mass is 16.4. The molecule has 0 bridgehead atoms. The van der Waals surface area contributed by atoms with Crippen LogP contribution in [0.2, 0.25) is 0 Å². The summed E-state index contributed by atoms with van der Waals surface area (Å²) in [6.07, 6.45) is 2.24. The number of carboxylic acids is 1. The molecule has 96 valence electrons. The lowest BCUT2D eigenvalue weighted by Gasteiger charge is -2.19. The number of benzene rings is 1. The van der Waals surface area contributed by atoms with E-state index in [1.807, 2.05) is 36.7 Å². The second-order valence-electron chi connectivity index (χ2n) is 4.48. The summed E-state index contributed by atoms with van der Waals surface area (Å²) in [5.41, 5.74) is 8.70. The van der Waals surface area contributed by atoms with Crippen LogP contribution >= 0.6 is 0 Å². The van der Waals surface area contributed by atoms with E-state index in [2.05, 4.69) is 4.98 Å².